The first-order chi connectivity index (χ1) is 17.0. The number of aromatic nitrogens is 2. The van der Waals surface area contributed by atoms with E-state index in [0.29, 0.717) is 11.4 Å². The van der Waals surface area contributed by atoms with Crippen molar-refractivity contribution in [2.24, 2.45) is 26.4 Å². The Morgan fingerprint density at radius 1 is 0.800 bits per heavy atom. The van der Waals surface area contributed by atoms with Crippen molar-refractivity contribution < 1.29 is 0 Å². The molecule has 0 unspecified atom stereocenters. The first-order valence-corrected chi connectivity index (χ1v) is 12.8. The molecule has 1 aliphatic carbocycles. The summed E-state index contributed by atoms with van der Waals surface area (Å²) in [6.45, 7) is 6.18. The number of aromatic amines is 1. The van der Waals surface area contributed by atoms with Gasteiger partial charge in [-0.2, -0.15) is 15.3 Å². The summed E-state index contributed by atoms with van der Waals surface area (Å²) < 4.78 is 1.78. The van der Waals surface area contributed by atoms with Crippen LogP contribution in [0.15, 0.2) is 73.8 Å². The Morgan fingerprint density at radius 2 is 1.34 bits per heavy atom. The first-order valence-electron chi connectivity index (χ1n) is 12.8. The molecule has 7 heteroatoms. The van der Waals surface area contributed by atoms with Gasteiger partial charge in [-0.3, -0.25) is 9.89 Å². The summed E-state index contributed by atoms with van der Waals surface area (Å²) in [4.78, 5) is 13.0. The minimum atomic E-state index is -0.0794. The van der Waals surface area contributed by atoms with E-state index in [1.54, 1.807) is 4.68 Å². The van der Waals surface area contributed by atoms with E-state index in [-0.39, 0.29) is 11.6 Å². The van der Waals surface area contributed by atoms with Crippen LogP contribution in [0.4, 0.5) is 22.7 Å². The molecule has 1 heterocycles. The van der Waals surface area contributed by atoms with Crippen molar-refractivity contribution >= 4 is 22.7 Å². The second-order valence-electron chi connectivity index (χ2n) is 9.68. The molecule has 0 atom stereocenters. The van der Waals surface area contributed by atoms with Crippen LogP contribution < -0.4 is 5.56 Å². The molecule has 0 radical (unpaired) electrons. The van der Waals surface area contributed by atoms with Gasteiger partial charge >= 0.3 is 0 Å². The molecule has 1 fully saturated rings. The summed E-state index contributed by atoms with van der Waals surface area (Å²) in [5, 5.41) is 20.4. The summed E-state index contributed by atoms with van der Waals surface area (Å²) in [5.41, 5.74) is 4.46. The van der Waals surface area contributed by atoms with Gasteiger partial charge in [0.2, 0.25) is 0 Å². The lowest BCUT2D eigenvalue weighted by atomic mass is 9.83. The SMILES string of the molecule is CCCCCC1CCC(n2[nH]c(C)c(N=Nc3ccc(N=Nc4ccc(C)cc4)cc3)c2=O)CC1. The van der Waals surface area contributed by atoms with Crippen LogP contribution in [0.1, 0.15) is 75.6 Å². The van der Waals surface area contributed by atoms with Crippen LogP contribution in [-0.4, -0.2) is 9.78 Å². The van der Waals surface area contributed by atoms with E-state index in [1.807, 2.05) is 62.4 Å². The molecule has 1 aliphatic rings. The highest BCUT2D eigenvalue weighted by molar-refractivity contribution is 5.48. The van der Waals surface area contributed by atoms with Gasteiger partial charge in [0.15, 0.2) is 5.69 Å². The quantitative estimate of drug-likeness (QED) is 0.244. The van der Waals surface area contributed by atoms with E-state index < -0.39 is 0 Å². The lowest BCUT2D eigenvalue weighted by Gasteiger charge is -2.28. The second kappa shape index (κ2) is 11.9. The van der Waals surface area contributed by atoms with Crippen molar-refractivity contribution in [3.63, 3.8) is 0 Å². The van der Waals surface area contributed by atoms with Crippen LogP contribution >= 0.6 is 0 Å². The Labute approximate surface area is 207 Å². The molecule has 2 aromatic carbocycles. The van der Waals surface area contributed by atoms with E-state index in [2.05, 4.69) is 32.5 Å². The number of nitrogens with zero attached hydrogens (tertiary/aromatic N) is 5. The number of nitrogens with one attached hydrogen (secondary N) is 1. The van der Waals surface area contributed by atoms with Gasteiger partial charge in [-0.05, 0) is 81.8 Å². The van der Waals surface area contributed by atoms with E-state index in [4.69, 9.17) is 0 Å². The minimum Gasteiger partial charge on any atom is -0.297 e. The number of rotatable bonds is 9. The average molecular weight is 473 g/mol. The van der Waals surface area contributed by atoms with Crippen molar-refractivity contribution in [1.29, 1.82) is 0 Å². The number of benzene rings is 2. The zero-order chi connectivity index (χ0) is 24.6. The Kier molecular flexibility index (Phi) is 8.40. The van der Waals surface area contributed by atoms with E-state index >= 15 is 0 Å². The molecular weight excluding hydrogens is 436 g/mol. The van der Waals surface area contributed by atoms with Crippen molar-refractivity contribution in [3.05, 3.63) is 70.1 Å². The smallest absolute Gasteiger partial charge is 0.294 e. The molecule has 1 aromatic heterocycles. The highest BCUT2D eigenvalue weighted by atomic mass is 16.1. The highest BCUT2D eigenvalue weighted by Crippen LogP contribution is 2.34. The molecule has 7 nitrogen and oxygen atoms in total. The van der Waals surface area contributed by atoms with Crippen LogP contribution in [-0.2, 0) is 0 Å². The predicted molar refractivity (Wildman–Crippen MR) is 141 cm³/mol. The summed E-state index contributed by atoms with van der Waals surface area (Å²) in [6.07, 6.45) is 9.74. The summed E-state index contributed by atoms with van der Waals surface area (Å²) in [7, 11) is 0. The highest BCUT2D eigenvalue weighted by Gasteiger charge is 2.25. The number of aryl methyl sites for hydroxylation is 2. The third kappa shape index (κ3) is 6.62. The monoisotopic (exact) mass is 472 g/mol. The molecule has 3 aromatic rings. The molecule has 35 heavy (non-hydrogen) atoms. The van der Waals surface area contributed by atoms with Crippen molar-refractivity contribution in [2.75, 3.05) is 0 Å². The van der Waals surface area contributed by atoms with Crippen molar-refractivity contribution in [1.82, 2.24) is 9.78 Å². The van der Waals surface area contributed by atoms with Gasteiger partial charge in [-0.15, -0.1) is 5.11 Å². The standard InChI is InChI=1S/C28H36N6O/c1-4-5-6-7-22-10-18-26(19-11-22)34-28(35)27(21(3)33-34)32-31-25-16-14-24(15-17-25)30-29-23-12-8-20(2)9-13-23/h8-9,12-17,22,26,33H,4-7,10-11,18-19H2,1-3H3. The van der Waals surface area contributed by atoms with Crippen molar-refractivity contribution in [2.45, 2.75) is 78.2 Å². The van der Waals surface area contributed by atoms with E-state index in [0.717, 1.165) is 35.8 Å². The maximum absolute atomic E-state index is 13.0. The number of unbranched alkanes of at least 4 members (excludes halogenated alkanes) is 2. The number of hydrogen-bond acceptors (Lipinski definition) is 5. The molecule has 1 saturated carbocycles. The predicted octanol–water partition coefficient (Wildman–Crippen LogP) is 8.94. The van der Waals surface area contributed by atoms with Crippen LogP contribution in [0.25, 0.3) is 0 Å². The number of azo groups is 2. The van der Waals surface area contributed by atoms with Crippen LogP contribution in [0.2, 0.25) is 0 Å². The third-order valence-electron chi connectivity index (χ3n) is 6.89. The zero-order valence-corrected chi connectivity index (χ0v) is 21.1. The molecule has 0 aliphatic heterocycles. The zero-order valence-electron chi connectivity index (χ0n) is 21.1. The molecule has 184 valence electrons. The Morgan fingerprint density at radius 3 is 1.91 bits per heavy atom. The fraction of sp³-hybridized carbons (Fsp3) is 0.464. The minimum absolute atomic E-state index is 0.0794. The summed E-state index contributed by atoms with van der Waals surface area (Å²) in [6, 6.07) is 15.5. The Bertz CT molecular complexity index is 1200. The number of hydrogen-bond donors (Lipinski definition) is 1. The van der Waals surface area contributed by atoms with Gasteiger partial charge < -0.3 is 0 Å². The fourth-order valence-corrected chi connectivity index (χ4v) is 4.73. The van der Waals surface area contributed by atoms with Crippen LogP contribution in [0.3, 0.4) is 0 Å². The summed E-state index contributed by atoms with van der Waals surface area (Å²) >= 11 is 0. The largest absolute Gasteiger partial charge is 0.297 e. The van der Waals surface area contributed by atoms with Gasteiger partial charge in [0.25, 0.3) is 5.56 Å². The Hall–Kier alpha value is -3.35. The molecule has 0 spiro atoms. The van der Waals surface area contributed by atoms with Gasteiger partial charge in [0.1, 0.15) is 0 Å². The number of H-pyrrole nitrogens is 1. The maximum Gasteiger partial charge on any atom is 0.294 e. The molecule has 1 N–H and O–H groups in total. The molecule has 4 rings (SSSR count). The fourth-order valence-electron chi connectivity index (χ4n) is 4.73. The normalized spacial score (nSPS) is 18.6. The van der Waals surface area contributed by atoms with Crippen molar-refractivity contribution in [3.8, 4) is 0 Å². The maximum atomic E-state index is 13.0. The lowest BCUT2D eigenvalue weighted by molar-refractivity contribution is 0.244. The van der Waals surface area contributed by atoms with Gasteiger partial charge in [0, 0.05) is 0 Å². The van der Waals surface area contributed by atoms with Gasteiger partial charge in [0.05, 0.1) is 28.8 Å². The van der Waals surface area contributed by atoms with Gasteiger partial charge in [-0.1, -0.05) is 50.3 Å². The average Bonchev–Trinajstić information content (AvgIpc) is 3.16. The Balaban J connectivity index is 1.37. The lowest BCUT2D eigenvalue weighted by Crippen LogP contribution is -2.26. The topological polar surface area (TPSA) is 87.2 Å². The molecule has 0 bridgehead atoms. The molecule has 0 saturated heterocycles. The van der Waals surface area contributed by atoms with Crippen LogP contribution in [0.5, 0.6) is 0 Å². The molecule has 0 amide bonds. The van der Waals surface area contributed by atoms with Crippen LogP contribution in [0, 0.1) is 19.8 Å². The first kappa shape index (κ1) is 24.8. The molecular formula is C28H36N6O. The van der Waals surface area contributed by atoms with E-state index in [1.165, 1.54) is 44.1 Å². The van der Waals surface area contributed by atoms with E-state index in [9.17, 15) is 4.79 Å². The van der Waals surface area contributed by atoms with Gasteiger partial charge in [-0.25, -0.2) is 4.68 Å². The second-order valence-corrected chi connectivity index (χ2v) is 9.68. The summed E-state index contributed by atoms with van der Waals surface area (Å²) in [5.74, 6) is 0.808. The third-order valence-corrected chi connectivity index (χ3v) is 6.89.